The Morgan fingerprint density at radius 2 is 2.21 bits per heavy atom. The number of rotatable bonds is 2. The number of anilines is 1. The van der Waals surface area contributed by atoms with Gasteiger partial charge in [-0.15, -0.1) is 4.36 Å². The number of alkyl halides is 1. The summed E-state index contributed by atoms with van der Waals surface area (Å²) >= 11 is 0. The second kappa shape index (κ2) is 6.53. The SMILES string of the molecule is C[C@H]1Cn2ncc([S@](N)(=O)=NC(=O)Nc3c4c(cc5c3C[C@H](F)C5)CCC4)c2O1. The molecule has 2 heterocycles. The monoisotopic (exact) mass is 419 g/mol. The van der Waals surface area contributed by atoms with Gasteiger partial charge in [0.05, 0.1) is 12.7 Å². The van der Waals surface area contributed by atoms with Gasteiger partial charge < -0.3 is 10.1 Å². The topological polar surface area (TPSA) is 112 Å². The molecule has 1 aromatic carbocycles. The third kappa shape index (κ3) is 3.10. The van der Waals surface area contributed by atoms with Crippen LogP contribution in [0.5, 0.6) is 5.88 Å². The van der Waals surface area contributed by atoms with Crippen LogP contribution >= 0.6 is 0 Å². The lowest BCUT2D eigenvalue weighted by atomic mass is 9.99. The van der Waals surface area contributed by atoms with Gasteiger partial charge in [-0.3, -0.25) is 0 Å². The van der Waals surface area contributed by atoms with Crippen molar-refractivity contribution in [2.75, 3.05) is 5.32 Å². The lowest BCUT2D eigenvalue weighted by Gasteiger charge is -2.15. The quantitative estimate of drug-likeness (QED) is 0.779. The van der Waals surface area contributed by atoms with Crippen LogP contribution in [-0.4, -0.2) is 32.3 Å². The number of nitrogens with one attached hydrogen (secondary N) is 1. The van der Waals surface area contributed by atoms with Gasteiger partial charge in [-0.25, -0.2) is 23.2 Å². The van der Waals surface area contributed by atoms with Crippen LogP contribution in [0.15, 0.2) is 21.5 Å². The normalized spacial score (nSPS) is 23.7. The molecule has 29 heavy (non-hydrogen) atoms. The number of halogens is 1. The molecule has 2 aromatic rings. The third-order valence-electron chi connectivity index (χ3n) is 5.74. The van der Waals surface area contributed by atoms with Crippen LogP contribution in [0.4, 0.5) is 14.9 Å². The van der Waals surface area contributed by atoms with E-state index in [2.05, 4.69) is 20.8 Å². The number of carbonyl (C=O) groups excluding carboxylic acids is 1. The first-order valence-corrected chi connectivity index (χ1v) is 11.3. The van der Waals surface area contributed by atoms with Gasteiger partial charge in [-0.05, 0) is 48.4 Å². The fourth-order valence-electron chi connectivity index (χ4n) is 4.53. The minimum Gasteiger partial charge on any atom is -0.472 e. The Balaban J connectivity index is 1.49. The van der Waals surface area contributed by atoms with Crippen molar-refractivity contribution < 1.29 is 18.1 Å². The van der Waals surface area contributed by atoms with Gasteiger partial charge in [0.15, 0.2) is 9.92 Å². The molecular formula is C19H22FN5O3S. The van der Waals surface area contributed by atoms with Gasteiger partial charge in [0, 0.05) is 18.5 Å². The molecule has 0 spiro atoms. The molecule has 3 N–H and O–H groups in total. The molecule has 0 saturated carbocycles. The summed E-state index contributed by atoms with van der Waals surface area (Å²) in [6.07, 6.45) is 3.58. The van der Waals surface area contributed by atoms with E-state index < -0.39 is 22.1 Å². The highest BCUT2D eigenvalue weighted by Gasteiger charge is 2.31. The molecule has 0 fully saturated rings. The maximum atomic E-state index is 14.0. The van der Waals surface area contributed by atoms with Crippen LogP contribution < -0.4 is 15.2 Å². The summed E-state index contributed by atoms with van der Waals surface area (Å²) in [5, 5.41) is 12.8. The van der Waals surface area contributed by atoms with E-state index in [1.807, 2.05) is 6.92 Å². The first-order chi connectivity index (χ1) is 13.8. The van der Waals surface area contributed by atoms with E-state index in [0.717, 1.165) is 41.5 Å². The molecule has 8 nitrogen and oxygen atoms in total. The van der Waals surface area contributed by atoms with Crippen molar-refractivity contribution in [1.82, 2.24) is 9.78 Å². The summed E-state index contributed by atoms with van der Waals surface area (Å²) in [4.78, 5) is 12.8. The Morgan fingerprint density at radius 3 is 3.03 bits per heavy atom. The van der Waals surface area contributed by atoms with Crippen LogP contribution in [0.1, 0.15) is 35.6 Å². The largest absolute Gasteiger partial charge is 0.472 e. The second-order valence-corrected chi connectivity index (χ2v) is 9.66. The van der Waals surface area contributed by atoms with E-state index >= 15 is 0 Å². The third-order valence-corrected chi connectivity index (χ3v) is 7.08. The van der Waals surface area contributed by atoms with Crippen molar-refractivity contribution in [3.8, 4) is 5.88 Å². The smallest absolute Gasteiger partial charge is 0.354 e. The molecule has 0 bridgehead atoms. The maximum absolute atomic E-state index is 14.0. The summed E-state index contributed by atoms with van der Waals surface area (Å²) in [7, 11) is -3.54. The Morgan fingerprint density at radius 1 is 1.38 bits per heavy atom. The van der Waals surface area contributed by atoms with Crippen molar-refractivity contribution in [2.45, 2.75) is 62.7 Å². The highest BCUT2D eigenvalue weighted by Crippen LogP contribution is 2.39. The lowest BCUT2D eigenvalue weighted by molar-refractivity contribution is 0.248. The van der Waals surface area contributed by atoms with Crippen LogP contribution in [0.2, 0.25) is 0 Å². The van der Waals surface area contributed by atoms with Crippen molar-refractivity contribution in [3.05, 3.63) is 34.5 Å². The summed E-state index contributed by atoms with van der Waals surface area (Å²) < 4.78 is 37.9. The van der Waals surface area contributed by atoms with E-state index in [9.17, 15) is 13.4 Å². The maximum Gasteiger partial charge on any atom is 0.354 e. The molecule has 0 radical (unpaired) electrons. The predicted molar refractivity (Wildman–Crippen MR) is 105 cm³/mol. The zero-order valence-electron chi connectivity index (χ0n) is 16.0. The number of urea groups is 1. The molecule has 154 valence electrons. The number of nitrogens with two attached hydrogens (primary N) is 1. The predicted octanol–water partition coefficient (Wildman–Crippen LogP) is 2.52. The van der Waals surface area contributed by atoms with Gasteiger partial charge >= 0.3 is 6.03 Å². The van der Waals surface area contributed by atoms with Gasteiger partial charge in [-0.2, -0.15) is 5.10 Å². The molecule has 2 amide bonds. The summed E-state index contributed by atoms with van der Waals surface area (Å²) in [6.45, 7) is 2.37. The zero-order chi connectivity index (χ0) is 20.3. The van der Waals surface area contributed by atoms with Crippen LogP contribution in [0.3, 0.4) is 0 Å². The molecule has 3 atom stereocenters. The van der Waals surface area contributed by atoms with E-state index in [1.165, 1.54) is 6.20 Å². The van der Waals surface area contributed by atoms with E-state index in [1.54, 1.807) is 4.68 Å². The highest BCUT2D eigenvalue weighted by molar-refractivity contribution is 7.91. The molecule has 5 rings (SSSR count). The molecule has 0 saturated heterocycles. The van der Waals surface area contributed by atoms with E-state index in [-0.39, 0.29) is 23.3 Å². The van der Waals surface area contributed by atoms with Gasteiger partial charge in [0.2, 0.25) is 5.88 Å². The Bertz CT molecular complexity index is 1150. The Labute approximate surface area is 167 Å². The number of aromatic nitrogens is 2. The molecule has 10 heteroatoms. The Hall–Kier alpha value is -2.46. The number of benzene rings is 1. The number of nitrogens with zero attached hydrogens (tertiary/aromatic N) is 3. The molecular weight excluding hydrogens is 397 g/mol. The molecule has 2 aliphatic carbocycles. The van der Waals surface area contributed by atoms with Crippen molar-refractivity contribution in [3.63, 3.8) is 0 Å². The first-order valence-electron chi connectivity index (χ1n) is 9.71. The molecule has 0 unspecified atom stereocenters. The number of carbonyl (C=O) groups is 1. The number of fused-ring (bicyclic) bond motifs is 3. The molecule has 3 aliphatic rings. The highest BCUT2D eigenvalue weighted by atomic mass is 32.2. The number of aryl methyl sites for hydroxylation is 1. The standard InChI is InChI=1S/C19H22FN5O3S/c1-10-9-25-18(28-10)16(8-22-25)29(21,27)24-19(26)23-17-14-4-2-3-11(14)5-12-6-13(20)7-15(12)17/h5,8,10,13H,2-4,6-7,9H2,1H3,(H3,21,23,24,26,27)/t10-,13+,29+/m0/s1. The van der Waals surface area contributed by atoms with Crippen molar-refractivity contribution >= 4 is 21.6 Å². The second-order valence-electron chi connectivity index (χ2n) is 7.90. The van der Waals surface area contributed by atoms with E-state index in [0.29, 0.717) is 18.7 Å². The van der Waals surface area contributed by atoms with Crippen LogP contribution in [-0.2, 0) is 42.1 Å². The van der Waals surface area contributed by atoms with Gasteiger partial charge in [0.25, 0.3) is 0 Å². The van der Waals surface area contributed by atoms with E-state index in [4.69, 9.17) is 9.88 Å². The fraction of sp³-hybridized carbons (Fsp3) is 0.474. The lowest BCUT2D eigenvalue weighted by Crippen LogP contribution is -2.19. The van der Waals surface area contributed by atoms with Crippen molar-refractivity contribution in [1.29, 1.82) is 0 Å². The number of hydrogen-bond donors (Lipinski definition) is 2. The number of hydrogen-bond acceptors (Lipinski definition) is 4. The van der Waals surface area contributed by atoms with Crippen LogP contribution in [0, 0.1) is 0 Å². The minimum atomic E-state index is -3.54. The van der Waals surface area contributed by atoms with Gasteiger partial charge in [0.1, 0.15) is 17.2 Å². The van der Waals surface area contributed by atoms with Gasteiger partial charge in [-0.1, -0.05) is 6.07 Å². The fourth-order valence-corrected chi connectivity index (χ4v) is 5.52. The number of ether oxygens (including phenoxy) is 1. The van der Waals surface area contributed by atoms with Crippen LogP contribution in [0.25, 0.3) is 0 Å². The minimum absolute atomic E-state index is 0.101. The molecule has 1 aromatic heterocycles. The Kier molecular flexibility index (Phi) is 4.18. The summed E-state index contributed by atoms with van der Waals surface area (Å²) in [6, 6.07) is 1.25. The average Bonchev–Trinajstić information content (AvgIpc) is 3.36. The zero-order valence-corrected chi connectivity index (χ0v) is 16.8. The first kappa shape index (κ1) is 18.6. The average molecular weight is 419 g/mol. The molecule has 1 aliphatic heterocycles. The summed E-state index contributed by atoms with van der Waals surface area (Å²) in [5.74, 6) is 0.281. The summed E-state index contributed by atoms with van der Waals surface area (Å²) in [5.41, 5.74) is 4.52. The van der Waals surface area contributed by atoms with Crippen molar-refractivity contribution in [2.24, 2.45) is 9.50 Å². The number of amides is 2.